The van der Waals surface area contributed by atoms with Crippen molar-refractivity contribution in [2.75, 3.05) is 26.2 Å². The van der Waals surface area contributed by atoms with Crippen LogP contribution in [0.25, 0.3) is 0 Å². The van der Waals surface area contributed by atoms with Gasteiger partial charge in [0.25, 0.3) is 0 Å². The summed E-state index contributed by atoms with van der Waals surface area (Å²) in [7, 11) is 0. The average Bonchev–Trinajstić information content (AvgIpc) is 2.39. The summed E-state index contributed by atoms with van der Waals surface area (Å²) in [4.78, 5) is 0. The fourth-order valence-corrected chi connectivity index (χ4v) is 3.41. The Hall–Kier alpha value is -0.0400. The molecule has 14 heavy (non-hydrogen) atoms. The lowest BCUT2D eigenvalue weighted by Crippen LogP contribution is -2.56. The van der Waals surface area contributed by atoms with E-state index < -0.39 is 0 Å². The summed E-state index contributed by atoms with van der Waals surface area (Å²) < 4.78 is 1.48. The highest BCUT2D eigenvalue weighted by molar-refractivity contribution is 4.69. The Morgan fingerprint density at radius 1 is 0.786 bits per heavy atom. The second kappa shape index (κ2) is 4.22. The fraction of sp³-hybridized carbons (Fsp3) is 1.00. The van der Waals surface area contributed by atoms with Crippen molar-refractivity contribution >= 4 is 0 Å². The molecular weight excluding hydrogens is 170 g/mol. The highest BCUT2D eigenvalue weighted by Crippen LogP contribution is 2.30. The smallest absolute Gasteiger partial charge is 0.0815 e. The molecule has 2 atom stereocenters. The van der Waals surface area contributed by atoms with Gasteiger partial charge in [0.15, 0.2) is 0 Å². The largest absolute Gasteiger partial charge is 0.323 e. The molecule has 0 saturated carbocycles. The zero-order valence-corrected chi connectivity index (χ0v) is 9.97. The first-order valence-corrected chi connectivity index (χ1v) is 6.57. The van der Waals surface area contributed by atoms with Gasteiger partial charge in [-0.2, -0.15) is 0 Å². The summed E-state index contributed by atoms with van der Waals surface area (Å²) in [5, 5.41) is 0. The van der Waals surface area contributed by atoms with Gasteiger partial charge in [-0.1, -0.05) is 13.8 Å². The first-order chi connectivity index (χ1) is 6.72. The van der Waals surface area contributed by atoms with E-state index in [0.717, 1.165) is 11.8 Å². The monoisotopic (exact) mass is 196 g/mol. The molecule has 2 rings (SSSR count). The van der Waals surface area contributed by atoms with Gasteiger partial charge < -0.3 is 4.48 Å². The van der Waals surface area contributed by atoms with E-state index >= 15 is 0 Å². The lowest BCUT2D eigenvalue weighted by Gasteiger charge is -2.45. The minimum atomic E-state index is 0.960. The Labute approximate surface area is 89.1 Å². The van der Waals surface area contributed by atoms with Crippen LogP contribution in [0.2, 0.25) is 0 Å². The molecule has 0 aromatic rings. The van der Waals surface area contributed by atoms with E-state index in [1.165, 1.54) is 62.8 Å². The topological polar surface area (TPSA) is 0 Å². The Balaban J connectivity index is 2.00. The van der Waals surface area contributed by atoms with Crippen molar-refractivity contribution in [3.05, 3.63) is 0 Å². The van der Waals surface area contributed by atoms with Crippen LogP contribution in [0, 0.1) is 11.8 Å². The Bertz CT molecular complexity index is 180. The molecule has 82 valence electrons. The van der Waals surface area contributed by atoms with Gasteiger partial charge in [0.1, 0.15) is 0 Å². The summed E-state index contributed by atoms with van der Waals surface area (Å²) in [5.41, 5.74) is 0. The van der Waals surface area contributed by atoms with E-state index in [9.17, 15) is 0 Å². The third-order valence-corrected chi connectivity index (χ3v) is 4.72. The normalized spacial score (nSPS) is 38.1. The van der Waals surface area contributed by atoms with Crippen molar-refractivity contribution in [1.29, 1.82) is 0 Å². The molecule has 2 heterocycles. The van der Waals surface area contributed by atoms with Crippen LogP contribution in [0.4, 0.5) is 0 Å². The summed E-state index contributed by atoms with van der Waals surface area (Å²) in [6.45, 7) is 10.8. The molecule has 0 aliphatic carbocycles. The maximum atomic E-state index is 2.47. The van der Waals surface area contributed by atoms with Crippen LogP contribution in [-0.4, -0.2) is 30.7 Å². The van der Waals surface area contributed by atoms with E-state index in [0.29, 0.717) is 0 Å². The van der Waals surface area contributed by atoms with Crippen molar-refractivity contribution in [2.45, 2.75) is 46.0 Å². The molecule has 0 bridgehead atoms. The zero-order chi connectivity index (χ0) is 10.0. The van der Waals surface area contributed by atoms with Gasteiger partial charge in [0.05, 0.1) is 26.2 Å². The quantitative estimate of drug-likeness (QED) is 0.522. The van der Waals surface area contributed by atoms with Crippen molar-refractivity contribution < 1.29 is 4.48 Å². The van der Waals surface area contributed by atoms with Crippen molar-refractivity contribution in [2.24, 2.45) is 11.8 Å². The van der Waals surface area contributed by atoms with Gasteiger partial charge in [-0.3, -0.25) is 0 Å². The molecule has 0 aromatic carbocycles. The third-order valence-electron chi connectivity index (χ3n) is 4.72. The molecule has 0 aromatic heterocycles. The maximum absolute atomic E-state index is 2.47. The molecule has 1 spiro atoms. The minimum absolute atomic E-state index is 0.960. The van der Waals surface area contributed by atoms with Gasteiger partial charge in [-0.05, 0) is 38.0 Å². The summed E-state index contributed by atoms with van der Waals surface area (Å²) in [6, 6.07) is 0. The molecule has 0 N–H and O–H groups in total. The SMILES string of the molecule is CC1CC[N+]2(CCCCCC2)CC1C. The third kappa shape index (κ3) is 2.13. The lowest BCUT2D eigenvalue weighted by atomic mass is 9.87. The van der Waals surface area contributed by atoms with Crippen LogP contribution in [0.1, 0.15) is 46.0 Å². The number of nitrogens with zero attached hydrogens (tertiary/aromatic N) is 1. The standard InChI is InChI=1S/C13H26N/c1-12-7-10-14(11-13(12)2)8-5-3-4-6-9-14/h12-13H,3-11H2,1-2H3/q+1. The van der Waals surface area contributed by atoms with Crippen LogP contribution < -0.4 is 0 Å². The number of quaternary nitrogens is 1. The lowest BCUT2D eigenvalue weighted by molar-refractivity contribution is -0.936. The van der Waals surface area contributed by atoms with E-state index in [-0.39, 0.29) is 0 Å². The van der Waals surface area contributed by atoms with Crippen molar-refractivity contribution in [1.82, 2.24) is 0 Å². The van der Waals surface area contributed by atoms with Crippen LogP contribution in [0.3, 0.4) is 0 Å². The van der Waals surface area contributed by atoms with Crippen LogP contribution in [-0.2, 0) is 0 Å². The van der Waals surface area contributed by atoms with E-state index in [1.807, 2.05) is 0 Å². The molecule has 0 radical (unpaired) electrons. The molecule has 1 nitrogen and oxygen atoms in total. The van der Waals surface area contributed by atoms with Crippen LogP contribution >= 0.6 is 0 Å². The summed E-state index contributed by atoms with van der Waals surface area (Å²) >= 11 is 0. The Morgan fingerprint density at radius 3 is 2.00 bits per heavy atom. The van der Waals surface area contributed by atoms with Gasteiger partial charge in [-0.15, -0.1) is 0 Å². The first-order valence-electron chi connectivity index (χ1n) is 6.57. The summed E-state index contributed by atoms with van der Waals surface area (Å²) in [5.74, 6) is 1.93. The maximum Gasteiger partial charge on any atom is 0.0815 e. The van der Waals surface area contributed by atoms with Gasteiger partial charge >= 0.3 is 0 Å². The molecule has 1 heteroatoms. The predicted octanol–water partition coefficient (Wildman–Crippen LogP) is 3.05. The second-order valence-corrected chi connectivity index (χ2v) is 5.85. The highest BCUT2D eigenvalue weighted by atomic mass is 15.4. The molecule has 2 aliphatic rings. The van der Waals surface area contributed by atoms with Crippen LogP contribution in [0.15, 0.2) is 0 Å². The average molecular weight is 196 g/mol. The number of hydrogen-bond acceptors (Lipinski definition) is 0. The zero-order valence-electron chi connectivity index (χ0n) is 9.97. The molecule has 2 unspecified atom stereocenters. The summed E-state index contributed by atoms with van der Waals surface area (Å²) in [6.07, 6.45) is 7.43. The number of rotatable bonds is 0. The fourth-order valence-electron chi connectivity index (χ4n) is 3.41. The Morgan fingerprint density at radius 2 is 1.43 bits per heavy atom. The van der Waals surface area contributed by atoms with Gasteiger partial charge in [-0.25, -0.2) is 0 Å². The molecular formula is C13H26N+. The first kappa shape index (κ1) is 10.5. The molecule has 2 fully saturated rings. The Kier molecular flexibility index (Phi) is 3.16. The molecule has 2 saturated heterocycles. The predicted molar refractivity (Wildman–Crippen MR) is 61.1 cm³/mol. The number of hydrogen-bond donors (Lipinski definition) is 0. The molecule has 0 amide bonds. The van der Waals surface area contributed by atoms with Crippen molar-refractivity contribution in [3.63, 3.8) is 0 Å². The van der Waals surface area contributed by atoms with Crippen LogP contribution in [0.5, 0.6) is 0 Å². The van der Waals surface area contributed by atoms with E-state index in [2.05, 4.69) is 13.8 Å². The van der Waals surface area contributed by atoms with E-state index in [1.54, 1.807) is 0 Å². The van der Waals surface area contributed by atoms with Gasteiger partial charge in [0, 0.05) is 5.92 Å². The minimum Gasteiger partial charge on any atom is -0.323 e. The van der Waals surface area contributed by atoms with E-state index in [4.69, 9.17) is 0 Å². The van der Waals surface area contributed by atoms with Crippen molar-refractivity contribution in [3.8, 4) is 0 Å². The second-order valence-electron chi connectivity index (χ2n) is 5.85. The molecule has 2 aliphatic heterocycles. The van der Waals surface area contributed by atoms with Gasteiger partial charge in [0.2, 0.25) is 0 Å². The number of piperidine rings is 1. The highest BCUT2D eigenvalue weighted by Gasteiger charge is 2.36.